The number of rotatable bonds is 6. The second kappa shape index (κ2) is 9.53. The van der Waals surface area contributed by atoms with Crippen LogP contribution in [0.3, 0.4) is 0 Å². The average molecular weight is 492 g/mol. The highest BCUT2D eigenvalue weighted by atomic mass is 35.5. The number of fused-ring (bicyclic) bond motifs is 1. The molecule has 176 valence electrons. The maximum Gasteiger partial charge on any atom is 0.417 e. The molecule has 0 atom stereocenters. The number of aliphatic hydroxyl groups is 1. The Kier molecular flexibility index (Phi) is 6.52. The third-order valence-electron chi connectivity index (χ3n) is 4.67. The smallest absolute Gasteiger partial charge is 0.395 e. The van der Waals surface area contributed by atoms with Crippen LogP contribution >= 0.6 is 11.6 Å². The number of anilines is 3. The van der Waals surface area contributed by atoms with Crippen molar-refractivity contribution >= 4 is 46.0 Å². The SMILES string of the molecule is O=C(Nc1ccc(-n2cnc3c(NCCO)ncnc32)cc1)Nc1ccc(Cl)c(C(F)(F)F)c1. The molecule has 0 unspecified atom stereocenters. The Morgan fingerprint density at radius 3 is 2.44 bits per heavy atom. The van der Waals surface area contributed by atoms with E-state index < -0.39 is 22.8 Å². The Labute approximate surface area is 195 Å². The zero-order valence-corrected chi connectivity index (χ0v) is 18.0. The van der Waals surface area contributed by atoms with Crippen LogP contribution in [0.4, 0.5) is 35.2 Å². The second-order valence-electron chi connectivity index (χ2n) is 6.98. The van der Waals surface area contributed by atoms with E-state index in [-0.39, 0.29) is 12.3 Å². The molecule has 4 N–H and O–H groups in total. The van der Waals surface area contributed by atoms with Gasteiger partial charge in [-0.1, -0.05) is 11.6 Å². The van der Waals surface area contributed by atoms with Crippen molar-refractivity contribution in [3.05, 3.63) is 65.7 Å². The molecule has 0 radical (unpaired) electrons. The van der Waals surface area contributed by atoms with Gasteiger partial charge in [-0.15, -0.1) is 0 Å². The third kappa shape index (κ3) is 5.02. The number of nitrogens with zero attached hydrogens (tertiary/aromatic N) is 4. The summed E-state index contributed by atoms with van der Waals surface area (Å²) in [5.74, 6) is 0.489. The third-order valence-corrected chi connectivity index (χ3v) is 5.00. The predicted molar refractivity (Wildman–Crippen MR) is 121 cm³/mol. The van der Waals surface area contributed by atoms with Crippen LogP contribution < -0.4 is 16.0 Å². The maximum absolute atomic E-state index is 13.0. The zero-order valence-electron chi connectivity index (χ0n) is 17.3. The van der Waals surface area contributed by atoms with Crippen LogP contribution in [0.5, 0.6) is 0 Å². The molecule has 0 aliphatic rings. The van der Waals surface area contributed by atoms with Crippen molar-refractivity contribution in [3.8, 4) is 5.69 Å². The van der Waals surface area contributed by atoms with E-state index in [2.05, 4.69) is 30.9 Å². The standard InChI is InChI=1S/C21H17ClF3N7O2/c22-16-6-3-13(9-15(16)21(23,24)25)31-20(34)30-12-1-4-14(5-2-12)32-11-29-17-18(26-7-8-33)27-10-28-19(17)32/h1-6,9-11,33H,7-8H2,(H,26,27,28)(H2,30,31,34). The van der Waals surface area contributed by atoms with Gasteiger partial charge in [-0.25, -0.2) is 19.7 Å². The summed E-state index contributed by atoms with van der Waals surface area (Å²) in [7, 11) is 0. The fourth-order valence-corrected chi connectivity index (χ4v) is 3.37. The Morgan fingerprint density at radius 2 is 1.74 bits per heavy atom. The van der Waals surface area contributed by atoms with Crippen molar-refractivity contribution in [2.45, 2.75) is 6.18 Å². The molecule has 0 bridgehead atoms. The van der Waals surface area contributed by atoms with Gasteiger partial charge in [-0.2, -0.15) is 13.2 Å². The van der Waals surface area contributed by atoms with Crippen LogP contribution in [0, 0.1) is 0 Å². The van der Waals surface area contributed by atoms with E-state index in [9.17, 15) is 18.0 Å². The number of aromatic nitrogens is 4. The second-order valence-corrected chi connectivity index (χ2v) is 7.39. The number of amides is 2. The van der Waals surface area contributed by atoms with Crippen LogP contribution in [0.25, 0.3) is 16.9 Å². The Hall–Kier alpha value is -3.90. The number of aliphatic hydroxyl groups excluding tert-OH is 1. The number of hydrogen-bond donors (Lipinski definition) is 4. The summed E-state index contributed by atoms with van der Waals surface area (Å²) in [6.07, 6.45) is -1.70. The molecular formula is C21H17ClF3N7O2. The largest absolute Gasteiger partial charge is 0.417 e. The fourth-order valence-electron chi connectivity index (χ4n) is 3.15. The molecule has 34 heavy (non-hydrogen) atoms. The first-order valence-electron chi connectivity index (χ1n) is 9.84. The van der Waals surface area contributed by atoms with Gasteiger partial charge < -0.3 is 21.1 Å². The minimum Gasteiger partial charge on any atom is -0.395 e. The van der Waals surface area contributed by atoms with Crippen molar-refractivity contribution in [2.75, 3.05) is 29.1 Å². The molecule has 0 aliphatic heterocycles. The summed E-state index contributed by atoms with van der Waals surface area (Å²) in [4.78, 5) is 24.9. The number of hydrogen-bond acceptors (Lipinski definition) is 6. The van der Waals surface area contributed by atoms with Gasteiger partial charge in [0.25, 0.3) is 0 Å². The van der Waals surface area contributed by atoms with Gasteiger partial charge in [0.2, 0.25) is 0 Å². The topological polar surface area (TPSA) is 117 Å². The van der Waals surface area contributed by atoms with Crippen LogP contribution in [0.15, 0.2) is 55.1 Å². The van der Waals surface area contributed by atoms with Crippen LogP contribution in [0.2, 0.25) is 5.02 Å². The molecule has 2 aromatic carbocycles. The summed E-state index contributed by atoms with van der Waals surface area (Å²) < 4.78 is 40.7. The molecule has 0 saturated carbocycles. The molecule has 13 heteroatoms. The van der Waals surface area contributed by atoms with Crippen LogP contribution in [-0.4, -0.2) is 43.8 Å². The van der Waals surface area contributed by atoms with Gasteiger partial charge in [-0.05, 0) is 42.5 Å². The lowest BCUT2D eigenvalue weighted by atomic mass is 10.2. The summed E-state index contributed by atoms with van der Waals surface area (Å²) in [5, 5.41) is 16.4. The Balaban J connectivity index is 1.47. The average Bonchev–Trinajstić information content (AvgIpc) is 3.23. The van der Waals surface area contributed by atoms with Crippen LogP contribution in [-0.2, 0) is 6.18 Å². The van der Waals surface area contributed by atoms with E-state index in [1.165, 1.54) is 12.4 Å². The first-order valence-corrected chi connectivity index (χ1v) is 10.2. The molecule has 0 fully saturated rings. The van der Waals surface area contributed by atoms with E-state index in [4.69, 9.17) is 16.7 Å². The summed E-state index contributed by atoms with van der Waals surface area (Å²) >= 11 is 5.60. The molecule has 2 amide bonds. The molecule has 2 heterocycles. The van der Waals surface area contributed by atoms with Gasteiger partial charge in [0.05, 0.1) is 17.2 Å². The molecule has 0 saturated heterocycles. The molecule has 0 spiro atoms. The van der Waals surface area contributed by atoms with Gasteiger partial charge in [-0.3, -0.25) is 4.57 Å². The molecule has 4 rings (SSSR count). The highest BCUT2D eigenvalue weighted by Crippen LogP contribution is 2.36. The summed E-state index contributed by atoms with van der Waals surface area (Å²) in [6, 6.07) is 9.05. The van der Waals surface area contributed by atoms with E-state index >= 15 is 0 Å². The summed E-state index contributed by atoms with van der Waals surface area (Å²) in [5.41, 5.74) is 1.09. The van der Waals surface area contributed by atoms with Gasteiger partial charge >= 0.3 is 12.2 Å². The van der Waals surface area contributed by atoms with E-state index in [1.54, 1.807) is 35.2 Å². The van der Waals surface area contributed by atoms with E-state index in [1.807, 2.05) is 0 Å². The van der Waals surface area contributed by atoms with E-state index in [0.717, 1.165) is 12.1 Å². The predicted octanol–water partition coefficient (Wildman–Crippen LogP) is 4.54. The molecule has 0 aliphatic carbocycles. The monoisotopic (exact) mass is 491 g/mol. The van der Waals surface area contributed by atoms with Gasteiger partial charge in [0, 0.05) is 23.6 Å². The van der Waals surface area contributed by atoms with Gasteiger partial charge in [0.15, 0.2) is 17.0 Å². The zero-order chi connectivity index (χ0) is 24.3. The van der Waals surface area contributed by atoms with Crippen molar-refractivity contribution < 1.29 is 23.1 Å². The Morgan fingerprint density at radius 1 is 1.03 bits per heavy atom. The van der Waals surface area contributed by atoms with Crippen molar-refractivity contribution in [3.63, 3.8) is 0 Å². The highest BCUT2D eigenvalue weighted by molar-refractivity contribution is 6.31. The number of carbonyl (C=O) groups excluding carboxylic acids is 1. The minimum atomic E-state index is -4.64. The normalized spacial score (nSPS) is 11.4. The highest BCUT2D eigenvalue weighted by Gasteiger charge is 2.33. The van der Waals surface area contributed by atoms with Crippen molar-refractivity contribution in [1.82, 2.24) is 19.5 Å². The number of alkyl halides is 3. The number of carbonyl (C=O) groups is 1. The quantitative estimate of drug-likeness (QED) is 0.315. The first kappa shape index (κ1) is 23.3. The molecule has 2 aromatic heterocycles. The first-order chi connectivity index (χ1) is 16.3. The lowest BCUT2D eigenvalue weighted by Gasteiger charge is -2.12. The number of imidazole rings is 1. The minimum absolute atomic E-state index is 0.0546. The summed E-state index contributed by atoms with van der Waals surface area (Å²) in [6.45, 7) is 0.255. The molecule has 4 aromatic rings. The number of nitrogens with one attached hydrogen (secondary N) is 3. The van der Waals surface area contributed by atoms with Crippen molar-refractivity contribution in [1.29, 1.82) is 0 Å². The molecular weight excluding hydrogens is 475 g/mol. The van der Waals surface area contributed by atoms with Crippen LogP contribution in [0.1, 0.15) is 5.56 Å². The number of halogens is 4. The van der Waals surface area contributed by atoms with Crippen molar-refractivity contribution in [2.24, 2.45) is 0 Å². The number of benzene rings is 2. The van der Waals surface area contributed by atoms with Gasteiger partial charge in [0.1, 0.15) is 12.7 Å². The lowest BCUT2D eigenvalue weighted by molar-refractivity contribution is -0.137. The maximum atomic E-state index is 13.0. The lowest BCUT2D eigenvalue weighted by Crippen LogP contribution is -2.20. The fraction of sp³-hybridized carbons (Fsp3) is 0.143. The molecule has 9 nitrogen and oxygen atoms in total. The van der Waals surface area contributed by atoms with E-state index in [0.29, 0.717) is 34.9 Å². The Bertz CT molecular complexity index is 1330. The number of urea groups is 1.